The Morgan fingerprint density at radius 2 is 1.84 bits per heavy atom. The highest BCUT2D eigenvalue weighted by Gasteiger charge is 2.23. The van der Waals surface area contributed by atoms with Crippen LogP contribution in [0.3, 0.4) is 0 Å². The first-order valence-corrected chi connectivity index (χ1v) is 10.8. The van der Waals surface area contributed by atoms with Crippen LogP contribution in [0.1, 0.15) is 36.3 Å². The number of likely N-dealkylation sites (tertiary alicyclic amines) is 1. The van der Waals surface area contributed by atoms with Crippen LogP contribution in [0.5, 0.6) is 5.75 Å². The number of piperidine rings is 1. The molecule has 6 heteroatoms. The Bertz CT molecular complexity index is 1070. The summed E-state index contributed by atoms with van der Waals surface area (Å²) in [4.78, 5) is 24.7. The van der Waals surface area contributed by atoms with Crippen LogP contribution in [-0.2, 0) is 22.6 Å². The fraction of sp³-hybridized carbons (Fsp3) is 0.360. The predicted octanol–water partition coefficient (Wildman–Crippen LogP) is 4.07. The molecule has 0 bridgehead atoms. The smallest absolute Gasteiger partial charge is 0.422 e. The van der Waals surface area contributed by atoms with E-state index in [-0.39, 0.29) is 5.75 Å². The zero-order chi connectivity index (χ0) is 21.8. The topological polar surface area (TPSA) is 71.8 Å². The molecule has 0 amide bonds. The minimum atomic E-state index is -1.59. The van der Waals surface area contributed by atoms with Gasteiger partial charge < -0.3 is 19.3 Å². The number of rotatable bonds is 6. The van der Waals surface area contributed by atoms with E-state index in [0.717, 1.165) is 56.2 Å². The van der Waals surface area contributed by atoms with Gasteiger partial charge in [0, 0.05) is 23.6 Å². The summed E-state index contributed by atoms with van der Waals surface area (Å²) in [6, 6.07) is 15.9. The number of ether oxygens (including phenoxy) is 1. The van der Waals surface area contributed by atoms with Crippen molar-refractivity contribution in [3.8, 4) is 5.75 Å². The van der Waals surface area contributed by atoms with E-state index in [0.29, 0.717) is 5.92 Å². The molecule has 6 nitrogen and oxygen atoms in total. The lowest BCUT2D eigenvalue weighted by atomic mass is 9.89. The lowest BCUT2D eigenvalue weighted by Gasteiger charge is -2.28. The van der Waals surface area contributed by atoms with E-state index in [1.54, 1.807) is 6.07 Å². The quantitative estimate of drug-likeness (QED) is 0.370. The highest BCUT2D eigenvalue weighted by molar-refractivity contribution is 6.29. The van der Waals surface area contributed by atoms with Crippen LogP contribution in [0.4, 0.5) is 0 Å². The molecule has 2 aromatic carbocycles. The van der Waals surface area contributed by atoms with Gasteiger partial charge >= 0.3 is 11.9 Å². The maximum Gasteiger partial charge on any atom is 0.422 e. The monoisotopic (exact) mass is 420 g/mol. The Hall–Kier alpha value is -3.12. The summed E-state index contributed by atoms with van der Waals surface area (Å²) >= 11 is 0. The number of carbonyl (C=O) groups excluding carboxylic acids is 1. The second-order valence-electron chi connectivity index (χ2n) is 8.32. The summed E-state index contributed by atoms with van der Waals surface area (Å²) in [7, 11) is 2.15. The molecular formula is C25H28N2O4. The van der Waals surface area contributed by atoms with Gasteiger partial charge in [-0.1, -0.05) is 30.3 Å². The molecule has 1 aliphatic heterocycles. The molecule has 1 saturated heterocycles. The maximum absolute atomic E-state index is 11.5. The van der Waals surface area contributed by atoms with Gasteiger partial charge in [0.05, 0.1) is 0 Å². The molecule has 0 saturated carbocycles. The van der Waals surface area contributed by atoms with Crippen LogP contribution in [0.25, 0.3) is 10.9 Å². The van der Waals surface area contributed by atoms with Crippen molar-refractivity contribution in [2.24, 2.45) is 0 Å². The number of carboxylic acids is 1. The van der Waals surface area contributed by atoms with Crippen molar-refractivity contribution in [1.29, 1.82) is 0 Å². The third kappa shape index (κ3) is 4.97. The van der Waals surface area contributed by atoms with Crippen molar-refractivity contribution in [3.63, 3.8) is 0 Å². The maximum atomic E-state index is 11.5. The molecular weight excluding hydrogens is 392 g/mol. The predicted molar refractivity (Wildman–Crippen MR) is 119 cm³/mol. The van der Waals surface area contributed by atoms with E-state index in [1.807, 2.05) is 18.2 Å². The van der Waals surface area contributed by atoms with Crippen molar-refractivity contribution in [2.75, 3.05) is 20.1 Å². The average molecular weight is 421 g/mol. The standard InChI is InChI=1S/C25H28N2O4/c1-26-14-11-19(12-15-26)22-17-27(13-5-8-18-6-3-2-4-7-18)23-10-9-20(16-21(22)23)31-25(30)24(28)29/h2-4,6-7,9-10,16-17,19H,5,8,11-15H2,1H3,(H,28,29). The number of hydrogen-bond donors (Lipinski definition) is 1. The number of aryl methyl sites for hydroxylation is 2. The van der Waals surface area contributed by atoms with Gasteiger partial charge in [-0.2, -0.15) is 0 Å². The van der Waals surface area contributed by atoms with Gasteiger partial charge in [0.1, 0.15) is 5.75 Å². The second kappa shape index (κ2) is 9.35. The highest BCUT2D eigenvalue weighted by Crippen LogP contribution is 2.36. The van der Waals surface area contributed by atoms with Gasteiger partial charge in [-0.05, 0) is 81.1 Å². The number of aromatic nitrogens is 1. The summed E-state index contributed by atoms with van der Waals surface area (Å²) in [5.74, 6) is -2.13. The largest absolute Gasteiger partial charge is 0.473 e. The van der Waals surface area contributed by atoms with Gasteiger partial charge in [-0.3, -0.25) is 0 Å². The number of aliphatic carboxylic acids is 1. The van der Waals surface area contributed by atoms with Gasteiger partial charge in [0.25, 0.3) is 0 Å². The molecule has 0 atom stereocenters. The Labute approximate surface area is 182 Å². The zero-order valence-electron chi connectivity index (χ0n) is 17.8. The van der Waals surface area contributed by atoms with Crippen molar-refractivity contribution < 1.29 is 19.4 Å². The normalized spacial score (nSPS) is 15.3. The van der Waals surface area contributed by atoms with Gasteiger partial charge in [0.15, 0.2) is 0 Å². The van der Waals surface area contributed by atoms with E-state index in [1.165, 1.54) is 11.1 Å². The molecule has 2 heterocycles. The van der Waals surface area contributed by atoms with E-state index in [9.17, 15) is 9.59 Å². The third-order valence-electron chi connectivity index (χ3n) is 6.13. The van der Waals surface area contributed by atoms with Crippen LogP contribution in [-0.4, -0.2) is 46.6 Å². The molecule has 4 rings (SSSR count). The summed E-state index contributed by atoms with van der Waals surface area (Å²) in [6.07, 6.45) is 6.45. The lowest BCUT2D eigenvalue weighted by molar-refractivity contribution is -0.158. The highest BCUT2D eigenvalue weighted by atomic mass is 16.6. The number of hydrogen-bond acceptors (Lipinski definition) is 4. The number of carboxylic acid groups (broad SMARTS) is 1. The number of fused-ring (bicyclic) bond motifs is 1. The van der Waals surface area contributed by atoms with Crippen molar-refractivity contribution in [1.82, 2.24) is 9.47 Å². The molecule has 162 valence electrons. The van der Waals surface area contributed by atoms with Crippen molar-refractivity contribution in [3.05, 3.63) is 65.9 Å². The van der Waals surface area contributed by atoms with Crippen LogP contribution >= 0.6 is 0 Å². The SMILES string of the molecule is CN1CCC(c2cn(CCCc3ccccc3)c3ccc(OC(=O)C(=O)O)cc23)CC1. The molecule has 31 heavy (non-hydrogen) atoms. The summed E-state index contributed by atoms with van der Waals surface area (Å²) < 4.78 is 7.32. The van der Waals surface area contributed by atoms with Crippen LogP contribution in [0, 0.1) is 0 Å². The minimum Gasteiger partial charge on any atom is -0.473 e. The van der Waals surface area contributed by atoms with Crippen LogP contribution in [0.15, 0.2) is 54.7 Å². The molecule has 1 fully saturated rings. The fourth-order valence-electron chi connectivity index (χ4n) is 4.45. The van der Waals surface area contributed by atoms with Crippen LogP contribution in [0.2, 0.25) is 0 Å². The molecule has 0 spiro atoms. The van der Waals surface area contributed by atoms with Crippen molar-refractivity contribution >= 4 is 22.8 Å². The number of esters is 1. The first-order valence-electron chi connectivity index (χ1n) is 10.8. The Kier molecular flexibility index (Phi) is 6.37. The molecule has 1 N–H and O–H groups in total. The number of nitrogens with zero attached hydrogens (tertiary/aromatic N) is 2. The summed E-state index contributed by atoms with van der Waals surface area (Å²) in [5, 5.41) is 9.90. The molecule has 1 aromatic heterocycles. The van der Waals surface area contributed by atoms with E-state index in [2.05, 4.69) is 47.0 Å². The van der Waals surface area contributed by atoms with Crippen molar-refractivity contribution in [2.45, 2.75) is 38.1 Å². The second-order valence-corrected chi connectivity index (χ2v) is 8.32. The van der Waals surface area contributed by atoms with Gasteiger partial charge in [-0.15, -0.1) is 0 Å². The molecule has 0 aliphatic carbocycles. The Morgan fingerprint density at radius 1 is 1.10 bits per heavy atom. The summed E-state index contributed by atoms with van der Waals surface area (Å²) in [5.41, 5.74) is 3.69. The fourth-order valence-corrected chi connectivity index (χ4v) is 4.45. The third-order valence-corrected chi connectivity index (χ3v) is 6.13. The lowest BCUT2D eigenvalue weighted by Crippen LogP contribution is -2.29. The molecule has 0 unspecified atom stereocenters. The minimum absolute atomic E-state index is 0.274. The van der Waals surface area contributed by atoms with E-state index >= 15 is 0 Å². The van der Waals surface area contributed by atoms with Gasteiger partial charge in [0.2, 0.25) is 0 Å². The van der Waals surface area contributed by atoms with E-state index < -0.39 is 11.9 Å². The Morgan fingerprint density at radius 3 is 2.55 bits per heavy atom. The Balaban J connectivity index is 1.60. The van der Waals surface area contributed by atoms with E-state index in [4.69, 9.17) is 9.84 Å². The van der Waals surface area contributed by atoms with Gasteiger partial charge in [-0.25, -0.2) is 9.59 Å². The summed E-state index contributed by atoms with van der Waals surface area (Å²) in [6.45, 7) is 3.00. The first kappa shape index (κ1) is 21.1. The zero-order valence-corrected chi connectivity index (χ0v) is 17.8. The first-order chi connectivity index (χ1) is 15.0. The molecule has 3 aromatic rings. The molecule has 1 aliphatic rings. The number of benzene rings is 2. The van der Waals surface area contributed by atoms with Crippen LogP contribution < -0.4 is 4.74 Å². The average Bonchev–Trinajstić information content (AvgIpc) is 3.13. The molecule has 0 radical (unpaired) electrons. The number of carbonyl (C=O) groups is 2.